The van der Waals surface area contributed by atoms with Crippen LogP contribution in [0.4, 0.5) is 0 Å². The largest absolute Gasteiger partial charge is 0.478 e. The van der Waals surface area contributed by atoms with Gasteiger partial charge in [-0.15, -0.1) is 11.3 Å². The molecule has 0 radical (unpaired) electrons. The van der Waals surface area contributed by atoms with E-state index in [1.165, 1.54) is 10.9 Å². The third-order valence-corrected chi connectivity index (χ3v) is 3.86. The summed E-state index contributed by atoms with van der Waals surface area (Å²) in [4.78, 5) is 25.2. The number of carbonyl (C=O) groups excluding carboxylic acids is 1. The molecule has 0 saturated carbocycles. The topological polar surface area (TPSA) is 66.4 Å². The summed E-state index contributed by atoms with van der Waals surface area (Å²) in [6, 6.07) is 10.5. The highest BCUT2D eigenvalue weighted by atomic mass is 32.1. The van der Waals surface area contributed by atoms with Crippen LogP contribution in [0.25, 0.3) is 0 Å². The van der Waals surface area contributed by atoms with Crippen molar-refractivity contribution in [3.63, 3.8) is 0 Å². The minimum absolute atomic E-state index is 0.0762. The van der Waals surface area contributed by atoms with Gasteiger partial charge in [-0.05, 0) is 30.7 Å². The standard InChI is InChI=1S/C15H15NO3S/c1-10-6-7-12(20-10)9-16-14(17)8-11-4-2-3-5-13(11)15(18)19/h2-7H,8-9H2,1H3,(H,16,17)(H,18,19). The molecule has 1 amide bonds. The van der Waals surface area contributed by atoms with E-state index in [0.717, 1.165) is 4.88 Å². The van der Waals surface area contributed by atoms with Crippen molar-refractivity contribution in [2.45, 2.75) is 19.9 Å². The first-order valence-corrected chi connectivity index (χ1v) is 7.01. The van der Waals surface area contributed by atoms with Crippen LogP contribution in [0.15, 0.2) is 36.4 Å². The highest BCUT2D eigenvalue weighted by Gasteiger charge is 2.12. The highest BCUT2D eigenvalue weighted by Crippen LogP contribution is 2.15. The number of aryl methyl sites for hydroxylation is 1. The molecule has 2 rings (SSSR count). The van der Waals surface area contributed by atoms with Crippen molar-refractivity contribution in [2.75, 3.05) is 0 Å². The molecule has 5 heteroatoms. The molecule has 0 aliphatic heterocycles. The molecule has 0 unspecified atom stereocenters. The fourth-order valence-corrected chi connectivity index (χ4v) is 2.71. The second-order valence-corrected chi connectivity index (χ2v) is 5.80. The van der Waals surface area contributed by atoms with Gasteiger partial charge in [-0.3, -0.25) is 4.79 Å². The lowest BCUT2D eigenvalue weighted by atomic mass is 10.0. The number of hydrogen-bond donors (Lipinski definition) is 2. The summed E-state index contributed by atoms with van der Waals surface area (Å²) >= 11 is 1.64. The van der Waals surface area contributed by atoms with Gasteiger partial charge in [0.05, 0.1) is 18.5 Å². The van der Waals surface area contributed by atoms with Crippen molar-refractivity contribution in [1.29, 1.82) is 0 Å². The smallest absolute Gasteiger partial charge is 0.335 e. The van der Waals surface area contributed by atoms with E-state index in [-0.39, 0.29) is 17.9 Å². The van der Waals surface area contributed by atoms with E-state index in [9.17, 15) is 9.59 Å². The van der Waals surface area contributed by atoms with Gasteiger partial charge in [0.15, 0.2) is 0 Å². The second-order valence-electron chi connectivity index (χ2n) is 4.43. The Hall–Kier alpha value is -2.14. The summed E-state index contributed by atoms with van der Waals surface area (Å²) < 4.78 is 0. The molecular weight excluding hydrogens is 274 g/mol. The van der Waals surface area contributed by atoms with E-state index in [2.05, 4.69) is 5.32 Å². The van der Waals surface area contributed by atoms with Crippen LogP contribution >= 0.6 is 11.3 Å². The zero-order chi connectivity index (χ0) is 14.5. The van der Waals surface area contributed by atoms with Crippen LogP contribution in [0.1, 0.15) is 25.7 Å². The molecule has 104 valence electrons. The third-order valence-electron chi connectivity index (χ3n) is 2.85. The van der Waals surface area contributed by atoms with Crippen molar-refractivity contribution in [1.82, 2.24) is 5.32 Å². The lowest BCUT2D eigenvalue weighted by molar-refractivity contribution is -0.120. The predicted octanol–water partition coefficient (Wildman–Crippen LogP) is 2.61. The Balaban J connectivity index is 1.96. The van der Waals surface area contributed by atoms with Crippen LogP contribution in [0.5, 0.6) is 0 Å². The van der Waals surface area contributed by atoms with E-state index in [0.29, 0.717) is 12.1 Å². The Kier molecular flexibility index (Phi) is 4.53. The maximum atomic E-state index is 11.9. The molecule has 0 bridgehead atoms. The van der Waals surface area contributed by atoms with Crippen molar-refractivity contribution >= 4 is 23.2 Å². The minimum atomic E-state index is -1.01. The van der Waals surface area contributed by atoms with E-state index in [1.807, 2.05) is 19.1 Å². The van der Waals surface area contributed by atoms with Gasteiger partial charge in [-0.2, -0.15) is 0 Å². The molecule has 1 heterocycles. The number of carbonyl (C=O) groups is 2. The van der Waals surface area contributed by atoms with E-state index >= 15 is 0 Å². The number of rotatable bonds is 5. The van der Waals surface area contributed by atoms with Gasteiger partial charge in [-0.1, -0.05) is 18.2 Å². The highest BCUT2D eigenvalue weighted by molar-refractivity contribution is 7.11. The van der Waals surface area contributed by atoms with Gasteiger partial charge in [0, 0.05) is 9.75 Å². The first kappa shape index (κ1) is 14.3. The number of amides is 1. The van der Waals surface area contributed by atoms with Gasteiger partial charge in [-0.25, -0.2) is 4.79 Å². The Bertz CT molecular complexity index is 634. The van der Waals surface area contributed by atoms with Crippen LogP contribution in [0.3, 0.4) is 0 Å². The second kappa shape index (κ2) is 6.34. The number of thiophene rings is 1. The summed E-state index contributed by atoms with van der Waals surface area (Å²) in [5.41, 5.74) is 0.703. The lowest BCUT2D eigenvalue weighted by Gasteiger charge is -2.06. The Morgan fingerprint density at radius 1 is 1.20 bits per heavy atom. The van der Waals surface area contributed by atoms with E-state index in [1.54, 1.807) is 29.5 Å². The first-order valence-electron chi connectivity index (χ1n) is 6.19. The quantitative estimate of drug-likeness (QED) is 0.889. The summed E-state index contributed by atoms with van der Waals surface area (Å²) in [6.45, 7) is 2.49. The number of nitrogens with one attached hydrogen (secondary N) is 1. The molecule has 2 aromatic rings. The monoisotopic (exact) mass is 289 g/mol. The summed E-state index contributed by atoms with van der Waals surface area (Å²) in [5, 5.41) is 11.9. The molecule has 20 heavy (non-hydrogen) atoms. The molecular formula is C15H15NO3S. The lowest BCUT2D eigenvalue weighted by Crippen LogP contribution is -2.24. The third kappa shape index (κ3) is 3.68. The molecule has 1 aromatic carbocycles. The number of aromatic carboxylic acids is 1. The Morgan fingerprint density at radius 2 is 1.95 bits per heavy atom. The van der Waals surface area contributed by atoms with Crippen LogP contribution in [0.2, 0.25) is 0 Å². The maximum Gasteiger partial charge on any atom is 0.335 e. The molecule has 0 atom stereocenters. The van der Waals surface area contributed by atoms with Gasteiger partial charge in [0.2, 0.25) is 5.91 Å². The minimum Gasteiger partial charge on any atom is -0.478 e. The van der Waals surface area contributed by atoms with Gasteiger partial charge >= 0.3 is 5.97 Å². The molecule has 1 aromatic heterocycles. The fraction of sp³-hybridized carbons (Fsp3) is 0.200. The molecule has 4 nitrogen and oxygen atoms in total. The average molecular weight is 289 g/mol. The first-order chi connectivity index (χ1) is 9.56. The molecule has 0 saturated heterocycles. The van der Waals surface area contributed by atoms with Crippen LogP contribution in [-0.4, -0.2) is 17.0 Å². The summed E-state index contributed by atoms with van der Waals surface area (Å²) in [6.07, 6.45) is 0.0762. The van der Waals surface area contributed by atoms with E-state index < -0.39 is 5.97 Å². The molecule has 0 aliphatic carbocycles. The van der Waals surface area contributed by atoms with Gasteiger partial charge < -0.3 is 10.4 Å². The number of carboxylic acid groups (broad SMARTS) is 1. The summed E-state index contributed by atoms with van der Waals surface area (Å²) in [5.74, 6) is -1.19. The number of carboxylic acids is 1. The normalized spacial score (nSPS) is 10.2. The number of benzene rings is 1. The molecule has 2 N–H and O–H groups in total. The molecule has 0 fully saturated rings. The Morgan fingerprint density at radius 3 is 2.60 bits per heavy atom. The van der Waals surface area contributed by atoms with Crippen molar-refractivity contribution in [3.05, 3.63) is 57.3 Å². The Labute approximate surface area is 121 Å². The van der Waals surface area contributed by atoms with Crippen molar-refractivity contribution in [3.8, 4) is 0 Å². The molecule has 0 aliphatic rings. The van der Waals surface area contributed by atoms with Crippen molar-refractivity contribution in [2.24, 2.45) is 0 Å². The maximum absolute atomic E-state index is 11.9. The zero-order valence-corrected chi connectivity index (χ0v) is 11.9. The van der Waals surface area contributed by atoms with Gasteiger partial charge in [0.1, 0.15) is 0 Å². The van der Waals surface area contributed by atoms with E-state index in [4.69, 9.17) is 5.11 Å². The zero-order valence-electron chi connectivity index (χ0n) is 11.1. The summed E-state index contributed by atoms with van der Waals surface area (Å²) in [7, 11) is 0. The van der Waals surface area contributed by atoms with Crippen LogP contribution in [0, 0.1) is 6.92 Å². The average Bonchev–Trinajstić information content (AvgIpc) is 2.83. The predicted molar refractivity (Wildman–Crippen MR) is 78.0 cm³/mol. The fourth-order valence-electron chi connectivity index (χ4n) is 1.88. The van der Waals surface area contributed by atoms with Gasteiger partial charge in [0.25, 0.3) is 0 Å². The van der Waals surface area contributed by atoms with Crippen LogP contribution < -0.4 is 5.32 Å². The van der Waals surface area contributed by atoms with Crippen LogP contribution in [-0.2, 0) is 17.8 Å². The number of hydrogen-bond acceptors (Lipinski definition) is 3. The molecule has 0 spiro atoms. The SMILES string of the molecule is Cc1ccc(CNC(=O)Cc2ccccc2C(=O)O)s1. The van der Waals surface area contributed by atoms with Crippen molar-refractivity contribution < 1.29 is 14.7 Å².